The summed E-state index contributed by atoms with van der Waals surface area (Å²) in [4.78, 5) is 25.7. The van der Waals surface area contributed by atoms with Gasteiger partial charge >= 0.3 is 6.03 Å². The van der Waals surface area contributed by atoms with Crippen molar-refractivity contribution in [2.75, 3.05) is 13.1 Å². The fraction of sp³-hybridized carbons (Fsp3) is 0.412. The fourth-order valence-corrected chi connectivity index (χ4v) is 3.21. The minimum atomic E-state index is -0.567. The molecule has 1 atom stereocenters. The standard InChI is InChI=1S/C17H21N3O3/c1-11-13-7-2-3-8-14(13)23-15(11)16(21)20-9-5-4-6-12(20)10-19-17(18)22/h2-3,7-8,12H,4-6,9-10H2,1H3,(H3,18,19,22)/t12-/m0/s1. The molecule has 1 aromatic carbocycles. The Balaban J connectivity index is 1.86. The van der Waals surface area contributed by atoms with Crippen molar-refractivity contribution in [2.24, 2.45) is 5.73 Å². The number of amides is 3. The molecule has 0 radical (unpaired) electrons. The van der Waals surface area contributed by atoms with E-state index in [9.17, 15) is 9.59 Å². The van der Waals surface area contributed by atoms with Crippen LogP contribution in [0.1, 0.15) is 35.4 Å². The van der Waals surface area contributed by atoms with Crippen LogP contribution >= 0.6 is 0 Å². The van der Waals surface area contributed by atoms with Crippen LogP contribution in [0.3, 0.4) is 0 Å². The van der Waals surface area contributed by atoms with E-state index in [1.165, 1.54) is 0 Å². The number of likely N-dealkylation sites (tertiary alicyclic amines) is 1. The summed E-state index contributed by atoms with van der Waals surface area (Å²) in [7, 11) is 0. The second-order valence-corrected chi connectivity index (χ2v) is 5.95. The number of piperidine rings is 1. The number of furan rings is 1. The largest absolute Gasteiger partial charge is 0.451 e. The molecule has 3 N–H and O–H groups in total. The normalized spacial score (nSPS) is 18.1. The summed E-state index contributed by atoms with van der Waals surface area (Å²) >= 11 is 0. The number of fused-ring (bicyclic) bond motifs is 1. The Morgan fingerprint density at radius 1 is 1.35 bits per heavy atom. The molecule has 1 aliphatic heterocycles. The molecule has 0 bridgehead atoms. The molecular weight excluding hydrogens is 294 g/mol. The number of carbonyl (C=O) groups is 2. The van der Waals surface area contributed by atoms with Gasteiger partial charge in [0.1, 0.15) is 5.58 Å². The molecule has 1 aromatic heterocycles. The summed E-state index contributed by atoms with van der Waals surface area (Å²) in [5.74, 6) is 0.270. The maximum absolute atomic E-state index is 12.9. The molecule has 122 valence electrons. The molecular formula is C17H21N3O3. The Hall–Kier alpha value is -2.50. The maximum atomic E-state index is 12.9. The Kier molecular flexibility index (Phi) is 4.23. The number of benzene rings is 1. The predicted molar refractivity (Wildman–Crippen MR) is 87.2 cm³/mol. The number of urea groups is 1. The van der Waals surface area contributed by atoms with E-state index in [1.807, 2.05) is 31.2 Å². The zero-order valence-corrected chi connectivity index (χ0v) is 13.2. The van der Waals surface area contributed by atoms with E-state index in [2.05, 4.69) is 5.32 Å². The molecule has 1 aliphatic rings. The number of carbonyl (C=O) groups excluding carboxylic acids is 2. The van der Waals surface area contributed by atoms with Crippen molar-refractivity contribution < 1.29 is 14.0 Å². The van der Waals surface area contributed by atoms with E-state index in [4.69, 9.17) is 10.2 Å². The van der Waals surface area contributed by atoms with Crippen molar-refractivity contribution >= 4 is 22.9 Å². The second kappa shape index (κ2) is 6.32. The van der Waals surface area contributed by atoms with Crippen molar-refractivity contribution in [3.05, 3.63) is 35.6 Å². The highest BCUT2D eigenvalue weighted by molar-refractivity contribution is 5.99. The Morgan fingerprint density at radius 2 is 2.13 bits per heavy atom. The third-order valence-corrected chi connectivity index (χ3v) is 4.44. The van der Waals surface area contributed by atoms with Crippen LogP contribution in [0.25, 0.3) is 11.0 Å². The quantitative estimate of drug-likeness (QED) is 0.911. The average Bonchev–Trinajstić information content (AvgIpc) is 2.90. The SMILES string of the molecule is Cc1c(C(=O)N2CCCC[C@H]2CNC(N)=O)oc2ccccc12. The van der Waals surface area contributed by atoms with E-state index in [-0.39, 0.29) is 11.9 Å². The number of primary amides is 1. The van der Waals surface area contributed by atoms with Crippen LogP contribution in [0.4, 0.5) is 4.79 Å². The summed E-state index contributed by atoms with van der Waals surface area (Å²) in [6.45, 7) is 2.94. The van der Waals surface area contributed by atoms with Gasteiger partial charge in [-0.2, -0.15) is 0 Å². The highest BCUT2D eigenvalue weighted by Crippen LogP contribution is 2.28. The summed E-state index contributed by atoms with van der Waals surface area (Å²) in [6.07, 6.45) is 2.84. The van der Waals surface area contributed by atoms with Crippen LogP contribution in [0, 0.1) is 6.92 Å². The van der Waals surface area contributed by atoms with Gasteiger partial charge in [0.2, 0.25) is 0 Å². The second-order valence-electron chi connectivity index (χ2n) is 5.95. The van der Waals surface area contributed by atoms with Gasteiger partial charge in [-0.3, -0.25) is 4.79 Å². The van der Waals surface area contributed by atoms with Crippen LogP contribution in [-0.2, 0) is 0 Å². The van der Waals surface area contributed by atoms with Gasteiger partial charge in [0, 0.05) is 30.1 Å². The molecule has 3 amide bonds. The molecule has 6 heteroatoms. The van der Waals surface area contributed by atoms with Gasteiger partial charge in [-0.1, -0.05) is 18.2 Å². The lowest BCUT2D eigenvalue weighted by Gasteiger charge is -2.35. The maximum Gasteiger partial charge on any atom is 0.312 e. The third kappa shape index (κ3) is 3.02. The fourth-order valence-electron chi connectivity index (χ4n) is 3.21. The number of hydrogen-bond donors (Lipinski definition) is 2. The first-order valence-corrected chi connectivity index (χ1v) is 7.90. The molecule has 2 aromatic rings. The number of nitrogens with one attached hydrogen (secondary N) is 1. The monoisotopic (exact) mass is 315 g/mol. The minimum Gasteiger partial charge on any atom is -0.451 e. The first-order valence-electron chi connectivity index (χ1n) is 7.90. The molecule has 1 fully saturated rings. The first kappa shape index (κ1) is 15.4. The van der Waals surface area contributed by atoms with Crippen molar-refractivity contribution in [3.8, 4) is 0 Å². The molecule has 0 saturated carbocycles. The van der Waals surface area contributed by atoms with Gasteiger partial charge in [0.25, 0.3) is 5.91 Å². The summed E-state index contributed by atoms with van der Waals surface area (Å²) in [5.41, 5.74) is 6.72. The van der Waals surface area contributed by atoms with Gasteiger partial charge < -0.3 is 20.4 Å². The van der Waals surface area contributed by atoms with Gasteiger partial charge in [-0.05, 0) is 32.3 Å². The van der Waals surface area contributed by atoms with Gasteiger partial charge in [-0.25, -0.2) is 4.79 Å². The molecule has 0 aliphatic carbocycles. The number of aryl methyl sites for hydroxylation is 1. The summed E-state index contributed by atoms with van der Waals surface area (Å²) in [6, 6.07) is 7.02. The third-order valence-electron chi connectivity index (χ3n) is 4.44. The Labute approximate surface area is 134 Å². The first-order chi connectivity index (χ1) is 11.1. The predicted octanol–water partition coefficient (Wildman–Crippen LogP) is 2.40. The van der Waals surface area contributed by atoms with Crippen LogP contribution in [0.2, 0.25) is 0 Å². The van der Waals surface area contributed by atoms with Crippen LogP contribution in [0.15, 0.2) is 28.7 Å². The lowest BCUT2D eigenvalue weighted by Crippen LogP contribution is -2.50. The smallest absolute Gasteiger partial charge is 0.312 e. The van der Waals surface area contributed by atoms with Gasteiger partial charge in [0.05, 0.1) is 0 Å². The van der Waals surface area contributed by atoms with Gasteiger partial charge in [-0.15, -0.1) is 0 Å². The number of nitrogens with zero attached hydrogens (tertiary/aromatic N) is 1. The van der Waals surface area contributed by atoms with Crippen molar-refractivity contribution in [2.45, 2.75) is 32.2 Å². The van der Waals surface area contributed by atoms with E-state index in [0.717, 1.165) is 35.8 Å². The number of para-hydroxylation sites is 1. The average molecular weight is 315 g/mol. The lowest BCUT2D eigenvalue weighted by atomic mass is 10.0. The number of hydrogen-bond acceptors (Lipinski definition) is 3. The topological polar surface area (TPSA) is 88.6 Å². The summed E-state index contributed by atoms with van der Waals surface area (Å²) in [5, 5.41) is 3.57. The van der Waals surface area contributed by atoms with Crippen molar-refractivity contribution in [1.82, 2.24) is 10.2 Å². The van der Waals surface area contributed by atoms with Gasteiger partial charge in [0.15, 0.2) is 5.76 Å². The van der Waals surface area contributed by atoms with Crippen LogP contribution < -0.4 is 11.1 Å². The highest BCUT2D eigenvalue weighted by Gasteiger charge is 2.30. The highest BCUT2D eigenvalue weighted by atomic mass is 16.3. The Bertz CT molecular complexity index is 738. The van der Waals surface area contributed by atoms with E-state index < -0.39 is 6.03 Å². The van der Waals surface area contributed by atoms with Crippen LogP contribution in [-0.4, -0.2) is 36.0 Å². The Morgan fingerprint density at radius 3 is 2.87 bits per heavy atom. The molecule has 2 heterocycles. The molecule has 0 spiro atoms. The lowest BCUT2D eigenvalue weighted by molar-refractivity contribution is 0.0584. The molecule has 23 heavy (non-hydrogen) atoms. The van der Waals surface area contributed by atoms with Crippen molar-refractivity contribution in [3.63, 3.8) is 0 Å². The van der Waals surface area contributed by atoms with Crippen LogP contribution in [0.5, 0.6) is 0 Å². The molecule has 0 unspecified atom stereocenters. The van der Waals surface area contributed by atoms with E-state index >= 15 is 0 Å². The number of rotatable bonds is 3. The summed E-state index contributed by atoms with van der Waals surface area (Å²) < 4.78 is 5.78. The van der Waals surface area contributed by atoms with E-state index in [0.29, 0.717) is 18.8 Å². The number of nitrogens with two attached hydrogens (primary N) is 1. The van der Waals surface area contributed by atoms with E-state index in [1.54, 1.807) is 4.90 Å². The zero-order valence-electron chi connectivity index (χ0n) is 13.2. The minimum absolute atomic E-state index is 0.0450. The molecule has 3 rings (SSSR count). The molecule has 1 saturated heterocycles. The zero-order chi connectivity index (χ0) is 16.4. The molecule has 6 nitrogen and oxygen atoms in total. The van der Waals surface area contributed by atoms with Crippen molar-refractivity contribution in [1.29, 1.82) is 0 Å².